The Kier molecular flexibility index (Phi) is 10.4. The fourth-order valence-electron chi connectivity index (χ4n) is 2.00. The SMILES string of the molecule is CCNC(=NCC(c1cccnc1)C(C)C)NCC.I. The highest BCUT2D eigenvalue weighted by Gasteiger charge is 2.15. The van der Waals surface area contributed by atoms with Crippen molar-refractivity contribution in [2.75, 3.05) is 19.6 Å². The van der Waals surface area contributed by atoms with E-state index in [9.17, 15) is 0 Å². The lowest BCUT2D eigenvalue weighted by molar-refractivity contribution is 0.504. The van der Waals surface area contributed by atoms with Crippen LogP contribution in [0.3, 0.4) is 0 Å². The van der Waals surface area contributed by atoms with E-state index >= 15 is 0 Å². The summed E-state index contributed by atoms with van der Waals surface area (Å²) in [6, 6.07) is 4.12. The van der Waals surface area contributed by atoms with Gasteiger partial charge in [-0.3, -0.25) is 9.98 Å². The molecule has 0 aliphatic carbocycles. The standard InChI is InChI=1S/C15H26N4.HI/c1-5-17-15(18-6-2)19-11-14(12(3)4)13-8-7-9-16-10-13;/h7-10,12,14H,5-6,11H2,1-4H3,(H2,17,18,19);1H. The lowest BCUT2D eigenvalue weighted by Crippen LogP contribution is -2.37. The smallest absolute Gasteiger partial charge is 0.191 e. The summed E-state index contributed by atoms with van der Waals surface area (Å²) in [6.45, 7) is 11.2. The van der Waals surface area contributed by atoms with Gasteiger partial charge < -0.3 is 10.6 Å². The molecule has 0 spiro atoms. The fourth-order valence-corrected chi connectivity index (χ4v) is 2.00. The van der Waals surface area contributed by atoms with E-state index in [0.29, 0.717) is 11.8 Å². The van der Waals surface area contributed by atoms with Gasteiger partial charge in [0.05, 0.1) is 0 Å². The molecule has 0 saturated carbocycles. The third kappa shape index (κ3) is 6.54. The largest absolute Gasteiger partial charge is 0.357 e. The topological polar surface area (TPSA) is 49.3 Å². The molecule has 1 atom stereocenters. The lowest BCUT2D eigenvalue weighted by Gasteiger charge is -2.20. The highest BCUT2D eigenvalue weighted by Crippen LogP contribution is 2.23. The molecule has 0 amide bonds. The van der Waals surface area contributed by atoms with Gasteiger partial charge in [0, 0.05) is 37.9 Å². The minimum Gasteiger partial charge on any atom is -0.357 e. The third-order valence-corrected chi connectivity index (χ3v) is 3.05. The number of pyridine rings is 1. The normalized spacial score (nSPS) is 11.4. The predicted molar refractivity (Wildman–Crippen MR) is 96.9 cm³/mol. The molecule has 0 bridgehead atoms. The number of guanidine groups is 1. The summed E-state index contributed by atoms with van der Waals surface area (Å²) in [7, 11) is 0. The molecular formula is C15H27IN4. The van der Waals surface area contributed by atoms with Gasteiger partial charge in [-0.1, -0.05) is 19.9 Å². The first-order chi connectivity index (χ1) is 9.19. The van der Waals surface area contributed by atoms with Crippen LogP contribution in [-0.4, -0.2) is 30.6 Å². The number of hydrogen-bond donors (Lipinski definition) is 2. The highest BCUT2D eigenvalue weighted by molar-refractivity contribution is 14.0. The monoisotopic (exact) mass is 390 g/mol. The zero-order valence-electron chi connectivity index (χ0n) is 12.9. The van der Waals surface area contributed by atoms with Crippen molar-refractivity contribution in [2.24, 2.45) is 10.9 Å². The minimum atomic E-state index is 0. The molecular weight excluding hydrogens is 363 g/mol. The molecule has 5 heteroatoms. The van der Waals surface area contributed by atoms with Crippen LogP contribution in [-0.2, 0) is 0 Å². The Morgan fingerprint density at radius 1 is 1.25 bits per heavy atom. The van der Waals surface area contributed by atoms with Crippen molar-refractivity contribution in [3.05, 3.63) is 30.1 Å². The molecule has 0 radical (unpaired) electrons. The first-order valence-electron chi connectivity index (χ1n) is 7.11. The second kappa shape index (κ2) is 10.9. The Labute approximate surface area is 139 Å². The van der Waals surface area contributed by atoms with Crippen LogP contribution >= 0.6 is 24.0 Å². The van der Waals surface area contributed by atoms with Crippen LogP contribution in [0.4, 0.5) is 0 Å². The molecule has 114 valence electrons. The van der Waals surface area contributed by atoms with Gasteiger partial charge in [-0.05, 0) is 31.4 Å². The Morgan fingerprint density at radius 2 is 1.90 bits per heavy atom. The van der Waals surface area contributed by atoms with E-state index in [2.05, 4.69) is 54.4 Å². The molecule has 1 heterocycles. The fraction of sp³-hybridized carbons (Fsp3) is 0.600. The Morgan fingerprint density at radius 3 is 2.35 bits per heavy atom. The Balaban J connectivity index is 0.00000361. The van der Waals surface area contributed by atoms with Crippen molar-refractivity contribution in [3.8, 4) is 0 Å². The van der Waals surface area contributed by atoms with Gasteiger partial charge in [-0.25, -0.2) is 0 Å². The quantitative estimate of drug-likeness (QED) is 0.446. The average Bonchev–Trinajstić information content (AvgIpc) is 2.40. The minimum absolute atomic E-state index is 0. The number of nitrogens with zero attached hydrogens (tertiary/aromatic N) is 2. The maximum atomic E-state index is 4.67. The van der Waals surface area contributed by atoms with Crippen LogP contribution in [0.25, 0.3) is 0 Å². The van der Waals surface area contributed by atoms with Gasteiger partial charge in [0.15, 0.2) is 5.96 Å². The van der Waals surface area contributed by atoms with Crippen molar-refractivity contribution in [1.82, 2.24) is 15.6 Å². The van der Waals surface area contributed by atoms with E-state index in [1.54, 1.807) is 0 Å². The zero-order chi connectivity index (χ0) is 14.1. The van der Waals surface area contributed by atoms with Crippen LogP contribution in [0, 0.1) is 5.92 Å². The van der Waals surface area contributed by atoms with Crippen molar-refractivity contribution in [1.29, 1.82) is 0 Å². The van der Waals surface area contributed by atoms with Crippen LogP contribution in [0.1, 0.15) is 39.2 Å². The molecule has 1 aromatic rings. The maximum Gasteiger partial charge on any atom is 0.191 e. The summed E-state index contributed by atoms with van der Waals surface area (Å²) in [5.41, 5.74) is 1.26. The van der Waals surface area contributed by atoms with E-state index in [4.69, 9.17) is 0 Å². The predicted octanol–water partition coefficient (Wildman–Crippen LogP) is 3.01. The van der Waals surface area contributed by atoms with E-state index in [1.807, 2.05) is 18.5 Å². The van der Waals surface area contributed by atoms with E-state index in [0.717, 1.165) is 25.6 Å². The highest BCUT2D eigenvalue weighted by atomic mass is 127. The van der Waals surface area contributed by atoms with Gasteiger partial charge in [-0.15, -0.1) is 24.0 Å². The number of aliphatic imine (C=N–C) groups is 1. The van der Waals surface area contributed by atoms with Crippen LogP contribution in [0.15, 0.2) is 29.5 Å². The number of nitrogens with one attached hydrogen (secondary N) is 2. The first kappa shape index (κ1) is 19.1. The number of aromatic nitrogens is 1. The number of rotatable bonds is 6. The second-order valence-electron chi connectivity index (χ2n) is 4.89. The number of hydrogen-bond acceptors (Lipinski definition) is 2. The summed E-state index contributed by atoms with van der Waals surface area (Å²) in [5.74, 6) is 1.83. The third-order valence-electron chi connectivity index (χ3n) is 3.05. The van der Waals surface area contributed by atoms with Crippen molar-refractivity contribution in [2.45, 2.75) is 33.6 Å². The van der Waals surface area contributed by atoms with E-state index in [-0.39, 0.29) is 24.0 Å². The maximum absolute atomic E-state index is 4.67. The summed E-state index contributed by atoms with van der Waals surface area (Å²) >= 11 is 0. The molecule has 0 aliphatic heterocycles. The van der Waals surface area contributed by atoms with Gasteiger partial charge in [0.2, 0.25) is 0 Å². The van der Waals surface area contributed by atoms with Crippen molar-refractivity contribution in [3.63, 3.8) is 0 Å². The van der Waals surface area contributed by atoms with Gasteiger partial charge in [-0.2, -0.15) is 0 Å². The van der Waals surface area contributed by atoms with Crippen LogP contribution < -0.4 is 10.6 Å². The lowest BCUT2D eigenvalue weighted by atomic mass is 9.89. The van der Waals surface area contributed by atoms with Crippen LogP contribution in [0.5, 0.6) is 0 Å². The number of halogens is 1. The molecule has 4 nitrogen and oxygen atoms in total. The summed E-state index contributed by atoms with van der Waals surface area (Å²) < 4.78 is 0. The first-order valence-corrected chi connectivity index (χ1v) is 7.11. The van der Waals surface area contributed by atoms with E-state index < -0.39 is 0 Å². The second-order valence-corrected chi connectivity index (χ2v) is 4.89. The Bertz CT molecular complexity index is 371. The molecule has 20 heavy (non-hydrogen) atoms. The Hall–Kier alpha value is -0.850. The van der Waals surface area contributed by atoms with Gasteiger partial charge in [0.1, 0.15) is 0 Å². The average molecular weight is 390 g/mol. The van der Waals surface area contributed by atoms with E-state index in [1.165, 1.54) is 5.56 Å². The van der Waals surface area contributed by atoms with Crippen molar-refractivity contribution < 1.29 is 0 Å². The zero-order valence-corrected chi connectivity index (χ0v) is 15.2. The van der Waals surface area contributed by atoms with Gasteiger partial charge >= 0.3 is 0 Å². The molecule has 0 fully saturated rings. The van der Waals surface area contributed by atoms with Crippen molar-refractivity contribution >= 4 is 29.9 Å². The molecule has 0 aliphatic rings. The molecule has 0 aromatic carbocycles. The van der Waals surface area contributed by atoms with Crippen LogP contribution in [0.2, 0.25) is 0 Å². The summed E-state index contributed by atoms with van der Waals surface area (Å²) in [4.78, 5) is 8.88. The van der Waals surface area contributed by atoms with Gasteiger partial charge in [0.25, 0.3) is 0 Å². The molecule has 1 rings (SSSR count). The summed E-state index contributed by atoms with van der Waals surface area (Å²) in [6.07, 6.45) is 3.76. The molecule has 0 saturated heterocycles. The summed E-state index contributed by atoms with van der Waals surface area (Å²) in [5, 5.41) is 6.51. The molecule has 1 aromatic heterocycles. The molecule has 1 unspecified atom stereocenters. The molecule has 2 N–H and O–H groups in total.